The zero-order valence-corrected chi connectivity index (χ0v) is 40.5. The number of para-hydroxylation sites is 1. The number of hydrogen-bond donors (Lipinski definition) is 4. The first-order chi connectivity index (χ1) is 33.7. The number of carbonyl (C=O) groups excluding carboxylic acids is 2. The van der Waals surface area contributed by atoms with Crippen LogP contribution in [0.1, 0.15) is 5.82 Å². The van der Waals surface area contributed by atoms with Crippen LogP contribution < -0.4 is 30.5 Å². The molecule has 4 N–H and O–H groups in total. The molecule has 9 rings (SSSR count). The second-order valence-electron chi connectivity index (χ2n) is 16.8. The van der Waals surface area contributed by atoms with Crippen molar-refractivity contribution in [1.29, 1.82) is 0 Å². The molecule has 23 heteroatoms. The summed E-state index contributed by atoms with van der Waals surface area (Å²) in [6.45, 7) is 6.33. The number of benzene rings is 3. The lowest BCUT2D eigenvalue weighted by atomic mass is 10.1. The number of imidazole rings is 1. The zero-order valence-electron chi connectivity index (χ0n) is 38.9. The second kappa shape index (κ2) is 20.0. The van der Waals surface area contributed by atoms with E-state index in [2.05, 4.69) is 80.1 Å². The molecule has 0 unspecified atom stereocenters. The van der Waals surface area contributed by atoms with Gasteiger partial charge < -0.3 is 54.6 Å². The molecule has 362 valence electrons. The summed E-state index contributed by atoms with van der Waals surface area (Å²) in [5.41, 5.74) is 5.15. The molecule has 8 aromatic rings. The van der Waals surface area contributed by atoms with Crippen molar-refractivity contribution < 1.29 is 27.8 Å². The van der Waals surface area contributed by atoms with Gasteiger partial charge in [-0.1, -0.05) is 24.8 Å². The highest BCUT2D eigenvalue weighted by molar-refractivity contribution is 9.10. The molecule has 1 aliphatic heterocycles. The lowest BCUT2D eigenvalue weighted by molar-refractivity contribution is -0.113. The van der Waals surface area contributed by atoms with Crippen LogP contribution in [-0.4, -0.2) is 140 Å². The number of H-pyrrole nitrogens is 1. The maximum absolute atomic E-state index is 14.3. The highest BCUT2D eigenvalue weighted by atomic mass is 79.9. The lowest BCUT2D eigenvalue weighted by Gasteiger charge is -2.34. The topological polar surface area (TPSA) is 204 Å². The average molecular weight is 1020 g/mol. The molecule has 3 aromatic carbocycles. The van der Waals surface area contributed by atoms with Crippen molar-refractivity contribution in [3.8, 4) is 17.0 Å². The normalized spacial score (nSPS) is 12.8. The number of fused-ring (bicyclic) bond motifs is 3. The van der Waals surface area contributed by atoms with Gasteiger partial charge in [-0.25, -0.2) is 28.5 Å². The molecular formula is C47H49BrF2N16O4. The van der Waals surface area contributed by atoms with E-state index in [0.717, 1.165) is 34.8 Å². The standard InChI is InChI=1S/C47H49BrF2N16O4/c1-27(26-70-47(68)65-19-17-64(18-20-65)46-59-42-30(48)23-53-66(42)45(60-46)52-24-39-54-33-12-11-31(49)40(50)41(33)58-39)43(67)55-34-21-35(38(69-6)22-37(34)62(4)16-15-61(2)3)57-44-51-14-13-32(56-44)29-25-63(5)36-10-8-7-9-28(29)36/h7-14,21-23,25H,1,15-20,24,26H2,2-6H3,(H,54,58)(H,55,67)(H,51,56,57)(H,52,59,60). The van der Waals surface area contributed by atoms with Crippen LogP contribution in [0.15, 0.2) is 89.8 Å². The van der Waals surface area contributed by atoms with Gasteiger partial charge in [-0.2, -0.15) is 19.6 Å². The molecule has 0 bridgehead atoms. The molecule has 20 nitrogen and oxygen atoms in total. The van der Waals surface area contributed by atoms with Crippen LogP contribution in [0.5, 0.6) is 5.75 Å². The molecule has 0 saturated carbocycles. The van der Waals surface area contributed by atoms with Gasteiger partial charge in [0, 0.05) is 93.9 Å². The maximum Gasteiger partial charge on any atom is 0.410 e. The molecule has 0 atom stereocenters. The fourth-order valence-corrected chi connectivity index (χ4v) is 8.32. The molecule has 0 aliphatic carbocycles. The van der Waals surface area contributed by atoms with E-state index in [1.165, 1.54) is 15.5 Å². The summed E-state index contributed by atoms with van der Waals surface area (Å²) in [5, 5.41) is 14.9. The molecular weight excluding hydrogens is 971 g/mol. The van der Waals surface area contributed by atoms with Gasteiger partial charge in [-0.15, -0.1) is 0 Å². The summed E-state index contributed by atoms with van der Waals surface area (Å²) >= 11 is 3.50. The summed E-state index contributed by atoms with van der Waals surface area (Å²) < 4.78 is 43.8. The van der Waals surface area contributed by atoms with Crippen LogP contribution >= 0.6 is 15.9 Å². The molecule has 0 spiro atoms. The Labute approximate surface area is 408 Å². The Morgan fingerprint density at radius 3 is 2.56 bits per heavy atom. The molecule has 5 aromatic heterocycles. The number of piperazine rings is 1. The average Bonchev–Trinajstić information content (AvgIpc) is 4.07. The van der Waals surface area contributed by atoms with E-state index in [1.807, 2.05) is 68.5 Å². The number of methoxy groups -OCH3 is 1. The molecule has 70 heavy (non-hydrogen) atoms. The van der Waals surface area contributed by atoms with Crippen molar-refractivity contribution in [2.24, 2.45) is 7.05 Å². The molecule has 0 radical (unpaired) electrons. The van der Waals surface area contributed by atoms with Crippen molar-refractivity contribution in [2.75, 3.05) is 99.9 Å². The zero-order chi connectivity index (χ0) is 49.2. The minimum absolute atomic E-state index is 0.0263. The number of aryl methyl sites for hydroxylation is 1. The monoisotopic (exact) mass is 1020 g/mol. The Bertz CT molecular complexity index is 3280. The third kappa shape index (κ3) is 9.83. The molecule has 6 heterocycles. The summed E-state index contributed by atoms with van der Waals surface area (Å²) in [5.74, 6) is -0.701. The number of aromatic nitrogens is 9. The minimum atomic E-state index is -1.03. The van der Waals surface area contributed by atoms with Crippen molar-refractivity contribution in [1.82, 2.24) is 53.9 Å². The lowest BCUT2D eigenvalue weighted by Crippen LogP contribution is -2.49. The van der Waals surface area contributed by atoms with E-state index >= 15 is 0 Å². The molecule has 1 fully saturated rings. The van der Waals surface area contributed by atoms with Gasteiger partial charge in [-0.3, -0.25) is 4.79 Å². The number of likely N-dealkylation sites (N-methyl/N-ethyl adjacent to an activating group) is 2. The Hall–Kier alpha value is -7.92. The molecule has 1 aliphatic rings. The number of rotatable bonds is 16. The summed E-state index contributed by atoms with van der Waals surface area (Å²) in [4.78, 5) is 60.7. The third-order valence-corrected chi connectivity index (χ3v) is 12.3. The van der Waals surface area contributed by atoms with E-state index in [0.29, 0.717) is 81.8 Å². The van der Waals surface area contributed by atoms with Gasteiger partial charge >= 0.3 is 6.09 Å². The third-order valence-electron chi connectivity index (χ3n) is 11.8. The van der Waals surface area contributed by atoms with Crippen LogP contribution in [0, 0.1) is 11.6 Å². The first kappa shape index (κ1) is 47.2. The number of carbonyl (C=O) groups is 2. The van der Waals surface area contributed by atoms with Gasteiger partial charge in [0.1, 0.15) is 23.7 Å². The van der Waals surface area contributed by atoms with E-state index in [9.17, 15) is 18.4 Å². The number of anilines is 6. The van der Waals surface area contributed by atoms with Crippen molar-refractivity contribution in [2.45, 2.75) is 6.54 Å². The predicted molar refractivity (Wildman–Crippen MR) is 267 cm³/mol. The Kier molecular flexibility index (Phi) is 13.5. The highest BCUT2D eigenvalue weighted by Crippen LogP contribution is 2.39. The number of nitrogens with zero attached hydrogens (tertiary/aromatic N) is 12. The summed E-state index contributed by atoms with van der Waals surface area (Å²) in [6.07, 6.45) is 4.69. The first-order valence-electron chi connectivity index (χ1n) is 22.1. The molecule has 1 saturated heterocycles. The second-order valence-corrected chi connectivity index (χ2v) is 17.7. The number of amides is 2. The Morgan fingerprint density at radius 1 is 0.971 bits per heavy atom. The van der Waals surface area contributed by atoms with E-state index in [4.69, 9.17) is 24.4 Å². The number of ether oxygens (including phenoxy) is 2. The van der Waals surface area contributed by atoms with Crippen LogP contribution in [-0.2, 0) is 23.1 Å². The predicted octanol–water partition coefficient (Wildman–Crippen LogP) is 6.81. The quantitative estimate of drug-likeness (QED) is 0.0735. The number of aromatic amines is 1. The maximum atomic E-state index is 14.3. The van der Waals surface area contributed by atoms with Gasteiger partial charge in [-0.05, 0) is 60.4 Å². The van der Waals surface area contributed by atoms with Crippen LogP contribution in [0.2, 0.25) is 0 Å². The number of hydrogen-bond acceptors (Lipinski definition) is 15. The van der Waals surface area contributed by atoms with Gasteiger partial charge in [0.05, 0.1) is 52.6 Å². The fourth-order valence-electron chi connectivity index (χ4n) is 7.97. The van der Waals surface area contributed by atoms with E-state index < -0.39 is 23.6 Å². The smallest absolute Gasteiger partial charge is 0.410 e. The number of halogens is 3. The fraction of sp³-hybridized carbons (Fsp3) is 0.277. The number of nitrogens with one attached hydrogen (secondary N) is 4. The Morgan fingerprint density at radius 2 is 1.77 bits per heavy atom. The van der Waals surface area contributed by atoms with E-state index in [1.54, 1.807) is 25.6 Å². The van der Waals surface area contributed by atoms with Gasteiger partial charge in [0.15, 0.2) is 17.3 Å². The summed E-state index contributed by atoms with van der Waals surface area (Å²) in [7, 11) is 9.45. The highest BCUT2D eigenvalue weighted by Gasteiger charge is 2.27. The van der Waals surface area contributed by atoms with Crippen molar-refractivity contribution >= 4 is 90.4 Å². The largest absolute Gasteiger partial charge is 0.494 e. The van der Waals surface area contributed by atoms with Gasteiger partial charge in [0.2, 0.25) is 17.8 Å². The Balaban J connectivity index is 0.845. The summed E-state index contributed by atoms with van der Waals surface area (Å²) in [6, 6.07) is 16.0. The van der Waals surface area contributed by atoms with Crippen molar-refractivity contribution in [3.63, 3.8) is 0 Å². The molecule has 2 amide bonds. The van der Waals surface area contributed by atoms with Gasteiger partial charge in [0.25, 0.3) is 5.91 Å². The first-order valence-corrected chi connectivity index (χ1v) is 22.9. The van der Waals surface area contributed by atoms with Crippen molar-refractivity contribution in [3.05, 3.63) is 107 Å². The van der Waals surface area contributed by atoms with Crippen LogP contribution in [0.3, 0.4) is 0 Å². The van der Waals surface area contributed by atoms with Crippen LogP contribution in [0.4, 0.5) is 48.5 Å². The van der Waals surface area contributed by atoms with E-state index in [-0.39, 0.29) is 37.3 Å². The SMILES string of the molecule is C=C(COC(=O)N1CCN(c2nc(NCc3nc4c(F)c(F)ccc4[nH]3)n3ncc(Br)c3n2)CC1)C(=O)Nc1cc(Nc2nccc(-c3cn(C)c4ccccc34)n2)c(OC)cc1N(C)CCN(C)C. The minimum Gasteiger partial charge on any atom is -0.494 e. The van der Waals surface area contributed by atoms with Crippen LogP contribution in [0.25, 0.3) is 38.8 Å².